The van der Waals surface area contributed by atoms with Gasteiger partial charge in [-0.05, 0) is 96.5 Å². The third-order valence-corrected chi connectivity index (χ3v) is 13.4. The van der Waals surface area contributed by atoms with E-state index in [0.29, 0.717) is 51.1 Å². The second kappa shape index (κ2) is 17.6. The number of ether oxygens (including phenoxy) is 2. The van der Waals surface area contributed by atoms with Crippen molar-refractivity contribution in [3.05, 3.63) is 112 Å². The second-order valence-corrected chi connectivity index (χ2v) is 17.3. The number of methoxy groups -OCH3 is 1. The number of nitro benzene ring substituents is 1. The maximum Gasteiger partial charge on any atom is 0.293 e. The average molecular weight is 819 g/mol. The van der Waals surface area contributed by atoms with Crippen molar-refractivity contribution in [1.82, 2.24) is 24.5 Å². The molecule has 0 bridgehead atoms. The fourth-order valence-electron chi connectivity index (χ4n) is 9.33. The lowest BCUT2D eigenvalue weighted by molar-refractivity contribution is -0.384. The molecule has 8 rings (SSSR count). The van der Waals surface area contributed by atoms with Crippen LogP contribution in [0.2, 0.25) is 0 Å². The van der Waals surface area contributed by atoms with Crippen molar-refractivity contribution in [1.29, 1.82) is 0 Å². The van der Waals surface area contributed by atoms with Crippen LogP contribution in [0.1, 0.15) is 73.0 Å². The van der Waals surface area contributed by atoms with Gasteiger partial charge in [0.25, 0.3) is 11.6 Å². The summed E-state index contributed by atoms with van der Waals surface area (Å²) in [4.78, 5) is 40.9. The number of piperazine rings is 1. The third kappa shape index (κ3) is 8.77. The molecule has 310 valence electrons. The Balaban J connectivity index is 0.964. The van der Waals surface area contributed by atoms with Crippen LogP contribution in [-0.4, -0.2) is 96.7 Å². The Morgan fingerprint density at radius 1 is 1.05 bits per heavy atom. The van der Waals surface area contributed by atoms with E-state index >= 15 is 0 Å². The molecule has 3 N–H and O–H groups in total. The zero-order valence-corrected chi connectivity index (χ0v) is 35.1. The Labute approximate surface area is 350 Å². The topological polar surface area (TPSA) is 141 Å². The molecule has 59 heavy (non-hydrogen) atoms. The van der Waals surface area contributed by atoms with E-state index in [2.05, 4.69) is 72.8 Å². The van der Waals surface area contributed by atoms with E-state index in [-0.39, 0.29) is 11.6 Å². The van der Waals surface area contributed by atoms with Gasteiger partial charge in [-0.15, -0.1) is 0 Å². The van der Waals surface area contributed by atoms with Crippen LogP contribution in [0.5, 0.6) is 11.5 Å². The fourth-order valence-corrected chi connectivity index (χ4v) is 9.96. The lowest BCUT2D eigenvalue weighted by Crippen LogP contribution is -2.60. The molecular weight excluding hydrogens is 765 g/mol. The summed E-state index contributed by atoms with van der Waals surface area (Å²) in [6.45, 7) is 11.4. The maximum atomic E-state index is 13.7. The number of hydrogen-bond donors (Lipinski definition) is 3. The summed E-state index contributed by atoms with van der Waals surface area (Å²) in [5, 5.41) is 15.4. The van der Waals surface area contributed by atoms with Gasteiger partial charge in [-0.2, -0.15) is 0 Å². The molecule has 4 heterocycles. The molecule has 3 aliphatic rings. The van der Waals surface area contributed by atoms with Gasteiger partial charge >= 0.3 is 0 Å². The number of piperidine rings is 1. The molecule has 1 atom stereocenters. The first-order valence-electron chi connectivity index (χ1n) is 20.6. The summed E-state index contributed by atoms with van der Waals surface area (Å²) in [7, 11) is 3.42. The Morgan fingerprint density at radius 2 is 1.86 bits per heavy atom. The first-order valence-corrected chi connectivity index (χ1v) is 21.4. The SMILES string of the molecule is CNc1ccc(SNC(=O)c2ccc(N3CCC4(CC3)CC(N3CCN(CCOC)C[C@@H]3c3ccccc3C(C)C)C4)cc2Oc2cnc3[nH]ccc3c2)cc1[N+](=O)[O-]. The number of aromatic nitrogens is 2. The molecule has 1 spiro atoms. The molecule has 3 fully saturated rings. The first-order chi connectivity index (χ1) is 28.6. The summed E-state index contributed by atoms with van der Waals surface area (Å²) in [6, 6.07) is 24.4. The number of nitro groups is 1. The predicted molar refractivity (Wildman–Crippen MR) is 234 cm³/mol. The van der Waals surface area contributed by atoms with Crippen LogP contribution in [0.15, 0.2) is 90.1 Å². The summed E-state index contributed by atoms with van der Waals surface area (Å²) in [5.74, 6) is 1.02. The van der Waals surface area contributed by atoms with Gasteiger partial charge in [0.1, 0.15) is 22.8 Å². The molecule has 3 aromatic carbocycles. The third-order valence-electron chi connectivity index (χ3n) is 12.6. The average Bonchev–Trinajstić information content (AvgIpc) is 3.72. The fraction of sp³-hybridized carbons (Fsp3) is 0.422. The largest absolute Gasteiger partial charge is 0.455 e. The van der Waals surface area contributed by atoms with Crippen LogP contribution in [-0.2, 0) is 4.74 Å². The second-order valence-electron chi connectivity index (χ2n) is 16.5. The summed E-state index contributed by atoms with van der Waals surface area (Å²) >= 11 is 1.02. The van der Waals surface area contributed by atoms with E-state index in [1.807, 2.05) is 30.5 Å². The van der Waals surface area contributed by atoms with Crippen molar-refractivity contribution in [2.45, 2.75) is 62.4 Å². The quantitative estimate of drug-likeness (QED) is 0.0564. The zero-order chi connectivity index (χ0) is 41.1. The number of rotatable bonds is 14. The van der Waals surface area contributed by atoms with Crippen molar-refractivity contribution in [2.24, 2.45) is 5.41 Å². The van der Waals surface area contributed by atoms with E-state index in [1.54, 1.807) is 38.6 Å². The number of fused-ring (bicyclic) bond motifs is 1. The monoisotopic (exact) mass is 818 g/mol. The minimum Gasteiger partial charge on any atom is -0.455 e. The number of anilines is 2. The number of hydrogen-bond acceptors (Lipinski definition) is 11. The van der Waals surface area contributed by atoms with E-state index in [1.165, 1.54) is 30.0 Å². The molecule has 14 heteroatoms. The molecule has 5 aromatic rings. The number of H-pyrrole nitrogens is 1. The number of carbonyl (C=O) groups excluding carboxylic acids is 1. The van der Waals surface area contributed by atoms with Crippen molar-refractivity contribution in [2.75, 3.05) is 70.2 Å². The van der Waals surface area contributed by atoms with Crippen molar-refractivity contribution in [3.63, 3.8) is 0 Å². The Bertz CT molecular complexity index is 2280. The number of benzene rings is 3. The highest BCUT2D eigenvalue weighted by Gasteiger charge is 2.50. The molecule has 2 aliphatic heterocycles. The van der Waals surface area contributed by atoms with Gasteiger partial charge in [-0.25, -0.2) is 4.98 Å². The van der Waals surface area contributed by atoms with Crippen molar-refractivity contribution >= 4 is 46.0 Å². The predicted octanol–water partition coefficient (Wildman–Crippen LogP) is 8.62. The molecule has 2 saturated heterocycles. The number of carbonyl (C=O) groups is 1. The zero-order valence-electron chi connectivity index (χ0n) is 34.3. The molecule has 0 unspecified atom stereocenters. The maximum absolute atomic E-state index is 13.7. The van der Waals surface area contributed by atoms with E-state index in [0.717, 1.165) is 87.4 Å². The summed E-state index contributed by atoms with van der Waals surface area (Å²) in [5.41, 5.74) is 5.70. The number of nitrogens with one attached hydrogen (secondary N) is 3. The lowest BCUT2D eigenvalue weighted by Gasteiger charge is -2.58. The van der Waals surface area contributed by atoms with Gasteiger partial charge in [-0.1, -0.05) is 38.1 Å². The standard InChI is InChI=1S/C45H54N8O5S/c1-30(2)36-7-5-6-8-37(36)41-29-50(21-22-57-4)19-20-52(41)33-26-45(27-33)14-17-51(18-15-45)32-9-11-38(42(24-32)58-34-23-31-13-16-47-43(31)48-28-34)44(54)49-59-35-10-12-39(46-3)40(25-35)53(55)56/h5-13,16,23-25,28,30,33,41,46H,14-15,17-22,26-27,29H2,1-4H3,(H,47,48)(H,49,54)/t41-/m1/s1. The smallest absolute Gasteiger partial charge is 0.293 e. The van der Waals surface area contributed by atoms with E-state index < -0.39 is 4.92 Å². The van der Waals surface area contributed by atoms with Gasteiger partial charge in [0.15, 0.2) is 0 Å². The molecule has 13 nitrogen and oxygen atoms in total. The lowest BCUT2D eigenvalue weighted by atomic mass is 9.59. The molecule has 1 aliphatic carbocycles. The molecule has 1 amide bonds. The Kier molecular flexibility index (Phi) is 12.1. The van der Waals surface area contributed by atoms with Crippen LogP contribution in [0, 0.1) is 15.5 Å². The first kappa shape index (κ1) is 40.6. The van der Waals surface area contributed by atoms with E-state index in [4.69, 9.17) is 9.47 Å². The molecule has 0 radical (unpaired) electrons. The number of amides is 1. The van der Waals surface area contributed by atoms with Gasteiger partial charge in [0, 0.05) is 99.8 Å². The van der Waals surface area contributed by atoms with Crippen molar-refractivity contribution in [3.8, 4) is 11.5 Å². The van der Waals surface area contributed by atoms with Gasteiger partial charge < -0.3 is 24.7 Å². The normalized spacial score (nSPS) is 18.6. The highest BCUT2D eigenvalue weighted by molar-refractivity contribution is 7.98. The Hall–Kier alpha value is -5.15. The van der Waals surface area contributed by atoms with Gasteiger partial charge in [0.05, 0.1) is 23.3 Å². The van der Waals surface area contributed by atoms with Crippen molar-refractivity contribution < 1.29 is 19.2 Å². The van der Waals surface area contributed by atoms with Gasteiger partial charge in [-0.3, -0.25) is 29.4 Å². The Morgan fingerprint density at radius 3 is 2.63 bits per heavy atom. The minimum atomic E-state index is -0.445. The molecular formula is C45H54N8O5S. The highest BCUT2D eigenvalue weighted by atomic mass is 32.2. The van der Waals surface area contributed by atoms with Gasteiger partial charge in [0.2, 0.25) is 0 Å². The van der Waals surface area contributed by atoms with Crippen LogP contribution in [0.25, 0.3) is 11.0 Å². The number of aromatic amines is 1. The minimum absolute atomic E-state index is 0.0679. The number of nitrogens with zero attached hydrogens (tertiary/aromatic N) is 5. The van der Waals surface area contributed by atoms with Crippen LogP contribution in [0.3, 0.4) is 0 Å². The summed E-state index contributed by atoms with van der Waals surface area (Å²) < 4.78 is 14.8. The highest BCUT2D eigenvalue weighted by Crippen LogP contribution is 2.53. The number of pyridine rings is 1. The van der Waals surface area contributed by atoms with E-state index in [9.17, 15) is 14.9 Å². The van der Waals surface area contributed by atoms with Crippen LogP contribution >= 0.6 is 11.9 Å². The molecule has 1 saturated carbocycles. The molecule has 2 aromatic heterocycles. The summed E-state index contributed by atoms with van der Waals surface area (Å²) in [6.07, 6.45) is 8.15. The van der Waals surface area contributed by atoms with Crippen LogP contribution < -0.4 is 19.7 Å². The van der Waals surface area contributed by atoms with Crippen LogP contribution in [0.4, 0.5) is 17.1 Å².